The fraction of sp³-hybridized carbons (Fsp3) is 0.190. The number of ether oxygens (including phenoxy) is 1. The number of hydrogen-bond acceptors (Lipinski definition) is 7. The van der Waals surface area contributed by atoms with Crippen LogP contribution in [0.4, 0.5) is 17.3 Å². The Labute approximate surface area is 217 Å². The molecule has 1 saturated heterocycles. The van der Waals surface area contributed by atoms with Crippen molar-refractivity contribution in [3.8, 4) is 11.3 Å². The first kappa shape index (κ1) is 16.9. The van der Waals surface area contributed by atoms with Gasteiger partial charge in [-0.1, -0.05) is 24.3 Å². The molecule has 1 aliphatic heterocycles. The van der Waals surface area contributed by atoms with Crippen LogP contribution in [0.2, 0.25) is 0 Å². The van der Waals surface area contributed by atoms with Crippen LogP contribution < -0.4 is 66.7 Å². The van der Waals surface area contributed by atoms with Crippen molar-refractivity contribution in [2.75, 3.05) is 36.4 Å². The second-order valence-corrected chi connectivity index (χ2v) is 5.95. The van der Waals surface area contributed by atoms with Gasteiger partial charge >= 0.3 is 51.4 Å². The van der Waals surface area contributed by atoms with Gasteiger partial charge in [0.1, 0.15) is 0 Å². The molecule has 2 aromatic carbocycles. The zero-order valence-corrected chi connectivity index (χ0v) is 18.9. The molecule has 8 heteroatoms. The fourth-order valence-corrected chi connectivity index (χ4v) is 2.69. The maximum absolute atomic E-state index is 10.9. The molecule has 2 heterocycles. The van der Waals surface area contributed by atoms with Crippen molar-refractivity contribution >= 4 is 23.3 Å². The van der Waals surface area contributed by atoms with E-state index in [4.69, 9.17) is 10.2 Å². The zero-order chi connectivity index (χ0) is 22.9. The number of anilines is 3. The van der Waals surface area contributed by atoms with E-state index in [2.05, 4.69) is 15.3 Å². The third-order valence-electron chi connectivity index (χ3n) is 4.10. The van der Waals surface area contributed by atoms with Crippen molar-refractivity contribution in [1.82, 2.24) is 9.97 Å². The molecule has 29 heavy (non-hydrogen) atoms. The summed E-state index contributed by atoms with van der Waals surface area (Å²) >= 11 is 0. The number of carbonyl (C=O) groups is 1. The molecule has 0 spiro atoms. The van der Waals surface area contributed by atoms with Crippen molar-refractivity contribution in [2.45, 2.75) is 0 Å². The van der Waals surface area contributed by atoms with Crippen molar-refractivity contribution < 1.29 is 71.5 Å². The van der Waals surface area contributed by atoms with Gasteiger partial charge in [-0.15, -0.1) is 0 Å². The molecule has 7 nitrogen and oxygen atoms in total. The van der Waals surface area contributed by atoms with E-state index >= 15 is 0 Å². The molecule has 4 rings (SSSR count). The number of aromatic nitrogens is 2. The largest absolute Gasteiger partial charge is 1.00 e. The summed E-state index contributed by atoms with van der Waals surface area (Å²) in [4.78, 5) is 20.6. The van der Waals surface area contributed by atoms with Crippen molar-refractivity contribution in [3.63, 3.8) is 0 Å². The average Bonchev–Trinajstić information content (AvgIpc) is 2.74. The summed E-state index contributed by atoms with van der Waals surface area (Å²) in [5.41, 5.74) is 2.41. The Balaban J connectivity index is 0.00000306. The third kappa shape index (κ3) is 5.62. The van der Waals surface area contributed by atoms with Gasteiger partial charge in [0.2, 0.25) is 5.95 Å². The molecular formula is C21H19KN4O3. The Kier molecular flexibility index (Phi) is 6.00. The van der Waals surface area contributed by atoms with Crippen LogP contribution in [0.5, 0.6) is 0 Å². The Hall–Kier alpha value is -1.81. The topological polar surface area (TPSA) is 90.4 Å². The number of carboxylic acids is 1. The fourth-order valence-electron chi connectivity index (χ4n) is 2.69. The third-order valence-corrected chi connectivity index (χ3v) is 4.10. The smallest absolute Gasteiger partial charge is 0.545 e. The number of nitrogens with zero attached hydrogens (tertiary/aromatic N) is 3. The summed E-state index contributed by atoms with van der Waals surface area (Å²) in [5.74, 6) is -0.931. The van der Waals surface area contributed by atoms with E-state index in [1.807, 2.05) is 0 Å². The number of morpholine rings is 1. The maximum Gasteiger partial charge on any atom is 1.00 e. The van der Waals surface area contributed by atoms with Gasteiger partial charge in [-0.05, 0) is 35.9 Å². The van der Waals surface area contributed by atoms with Gasteiger partial charge in [0.25, 0.3) is 0 Å². The minimum absolute atomic E-state index is 0. The molecule has 3 aromatic rings. The Morgan fingerprint density at radius 1 is 1.07 bits per heavy atom. The van der Waals surface area contributed by atoms with Gasteiger partial charge in [-0.25, -0.2) is 9.97 Å². The summed E-state index contributed by atoms with van der Waals surface area (Å²) < 4.78 is 37.5. The molecule has 0 atom stereocenters. The van der Waals surface area contributed by atoms with E-state index in [1.54, 1.807) is 48.7 Å². The standard InChI is InChI=1S/C21H20N4O3.K/c26-20(27)16-3-1-15(2-4-16)19-9-10-22-21(24-19)23-17-5-7-18(8-6-17)25-11-13-28-14-12-25;/h1-10H,11-14H2,(H,26,27)(H,22,23,24);/q;+1/p-1/i11D2,12D2;. The van der Waals surface area contributed by atoms with E-state index in [-0.39, 0.29) is 70.2 Å². The Morgan fingerprint density at radius 2 is 1.76 bits per heavy atom. The van der Waals surface area contributed by atoms with Crippen LogP contribution >= 0.6 is 0 Å². The van der Waals surface area contributed by atoms with E-state index < -0.39 is 19.0 Å². The van der Waals surface area contributed by atoms with E-state index in [9.17, 15) is 9.90 Å². The van der Waals surface area contributed by atoms with Crippen LogP contribution in [-0.2, 0) is 4.74 Å². The van der Waals surface area contributed by atoms with Gasteiger partial charge in [0.15, 0.2) is 0 Å². The van der Waals surface area contributed by atoms with Gasteiger partial charge in [-0.3, -0.25) is 0 Å². The monoisotopic (exact) mass is 418 g/mol. The molecule has 1 N–H and O–H groups in total. The molecule has 0 unspecified atom stereocenters. The van der Waals surface area contributed by atoms with Crippen molar-refractivity contribution in [1.29, 1.82) is 0 Å². The van der Waals surface area contributed by atoms with Gasteiger partial charge in [0.05, 0.1) is 30.4 Å². The number of rotatable bonds is 5. The molecule has 0 radical (unpaired) electrons. The number of hydrogen-bond donors (Lipinski definition) is 1. The second kappa shape index (κ2) is 10.3. The van der Waals surface area contributed by atoms with Gasteiger partial charge < -0.3 is 24.9 Å². The van der Waals surface area contributed by atoms with Crippen LogP contribution in [0.3, 0.4) is 0 Å². The van der Waals surface area contributed by atoms with Gasteiger partial charge in [-0.2, -0.15) is 0 Å². The number of aromatic carboxylic acids is 1. The number of carbonyl (C=O) groups excluding carboxylic acids is 1. The first-order valence-electron chi connectivity index (χ1n) is 10.6. The van der Waals surface area contributed by atoms with Crippen LogP contribution in [0.1, 0.15) is 15.8 Å². The van der Waals surface area contributed by atoms with Gasteiger partial charge in [0, 0.05) is 36.1 Å². The summed E-state index contributed by atoms with van der Waals surface area (Å²) in [5, 5.41) is 14.0. The average molecular weight is 419 g/mol. The van der Waals surface area contributed by atoms with Crippen molar-refractivity contribution in [2.24, 2.45) is 0 Å². The SMILES string of the molecule is [2H]C1([2H])COCC([2H])([2H])N1c1ccc(Nc2nccc(-c3ccc(C(=O)[O-])cc3)n2)cc1.[K+]. The molecule has 0 amide bonds. The minimum Gasteiger partial charge on any atom is -0.545 e. The Morgan fingerprint density at radius 3 is 2.41 bits per heavy atom. The Bertz CT molecular complexity index is 1120. The predicted molar refractivity (Wildman–Crippen MR) is 105 cm³/mol. The zero-order valence-electron chi connectivity index (χ0n) is 19.8. The summed E-state index contributed by atoms with van der Waals surface area (Å²) in [7, 11) is 0. The minimum atomic E-state index is -1.99. The predicted octanol–water partition coefficient (Wildman–Crippen LogP) is -0.909. The van der Waals surface area contributed by atoms with Crippen LogP contribution in [0.15, 0.2) is 60.8 Å². The number of benzene rings is 2. The van der Waals surface area contributed by atoms with E-state index in [0.717, 1.165) is 4.90 Å². The number of carboxylic acid groups (broad SMARTS) is 1. The molecule has 1 fully saturated rings. The quantitative estimate of drug-likeness (QED) is 0.537. The summed E-state index contributed by atoms with van der Waals surface area (Å²) in [6, 6.07) is 14.5. The molecular weight excluding hydrogens is 395 g/mol. The first-order valence-corrected chi connectivity index (χ1v) is 8.56. The van der Waals surface area contributed by atoms with Crippen LogP contribution in [0.25, 0.3) is 11.3 Å². The maximum atomic E-state index is 10.9. The summed E-state index contributed by atoms with van der Waals surface area (Å²) in [6.45, 7) is -4.42. The molecule has 0 aliphatic carbocycles. The van der Waals surface area contributed by atoms with Crippen LogP contribution in [0, 0.1) is 0 Å². The molecule has 1 aromatic heterocycles. The molecule has 142 valence electrons. The van der Waals surface area contributed by atoms with Crippen LogP contribution in [-0.4, -0.2) is 42.1 Å². The molecule has 0 bridgehead atoms. The summed E-state index contributed by atoms with van der Waals surface area (Å²) in [6.07, 6.45) is 1.57. The molecule has 1 aliphatic rings. The second-order valence-electron chi connectivity index (χ2n) is 5.95. The van der Waals surface area contributed by atoms with E-state index in [1.165, 1.54) is 12.1 Å². The number of nitrogens with one attached hydrogen (secondary N) is 1. The molecule has 0 saturated carbocycles. The first-order chi connectivity index (χ1) is 15.2. The normalized spacial score (nSPS) is 19.0. The van der Waals surface area contributed by atoms with E-state index in [0.29, 0.717) is 28.6 Å². The van der Waals surface area contributed by atoms with Crippen molar-refractivity contribution in [3.05, 3.63) is 66.4 Å².